The Kier molecular flexibility index (Phi) is 9.47. The van der Waals surface area contributed by atoms with Crippen molar-refractivity contribution in [1.29, 1.82) is 0 Å². The van der Waals surface area contributed by atoms with Crippen molar-refractivity contribution in [2.24, 2.45) is 10.9 Å². The number of nitrogens with zero attached hydrogens (tertiary/aromatic N) is 2. The molecule has 29 heavy (non-hydrogen) atoms. The Morgan fingerprint density at radius 3 is 2.41 bits per heavy atom. The molecular weight excluding hydrogens is 368 g/mol. The van der Waals surface area contributed by atoms with Crippen molar-refractivity contribution in [2.75, 3.05) is 33.3 Å². The molecule has 1 aliphatic rings. The van der Waals surface area contributed by atoms with E-state index in [0.29, 0.717) is 25.3 Å². The van der Waals surface area contributed by atoms with Gasteiger partial charge in [-0.25, -0.2) is 0 Å². The van der Waals surface area contributed by atoms with Gasteiger partial charge in [0.1, 0.15) is 0 Å². The van der Waals surface area contributed by atoms with Gasteiger partial charge in [0.25, 0.3) is 5.91 Å². The van der Waals surface area contributed by atoms with Crippen molar-refractivity contribution >= 4 is 17.8 Å². The number of rotatable bonds is 8. The summed E-state index contributed by atoms with van der Waals surface area (Å²) in [7, 11) is 1.77. The molecule has 2 N–H and O–H groups in total. The fourth-order valence-electron chi connectivity index (χ4n) is 3.36. The Morgan fingerprint density at radius 1 is 1.14 bits per heavy atom. The number of benzene rings is 1. The van der Waals surface area contributed by atoms with Crippen LogP contribution in [-0.4, -0.2) is 56.0 Å². The molecular formula is C22H34N4O3. The molecule has 7 nitrogen and oxygen atoms in total. The first-order chi connectivity index (χ1) is 14.1. The molecule has 0 bridgehead atoms. The zero-order chi connectivity index (χ0) is 21.1. The lowest BCUT2D eigenvalue weighted by atomic mass is 9.97. The summed E-state index contributed by atoms with van der Waals surface area (Å²) in [5.74, 6) is 0.696. The van der Waals surface area contributed by atoms with Crippen molar-refractivity contribution in [3.05, 3.63) is 35.4 Å². The lowest BCUT2D eigenvalue weighted by Gasteiger charge is -2.33. The van der Waals surface area contributed by atoms with Gasteiger partial charge < -0.3 is 20.3 Å². The third-order valence-electron chi connectivity index (χ3n) is 5.11. The summed E-state index contributed by atoms with van der Waals surface area (Å²) in [5.41, 5.74) is 1.76. The van der Waals surface area contributed by atoms with Gasteiger partial charge in [-0.05, 0) is 43.9 Å². The number of hydrogen-bond donors (Lipinski definition) is 2. The molecule has 1 aromatic rings. The van der Waals surface area contributed by atoms with Gasteiger partial charge in [-0.3, -0.25) is 14.6 Å². The normalized spacial score (nSPS) is 15.1. The van der Waals surface area contributed by atoms with Gasteiger partial charge in [-0.1, -0.05) is 25.5 Å². The first-order valence-corrected chi connectivity index (χ1v) is 10.6. The Bertz CT molecular complexity index is 680. The molecule has 0 atom stereocenters. The maximum absolute atomic E-state index is 12.1. The minimum absolute atomic E-state index is 0.0136. The van der Waals surface area contributed by atoms with Crippen LogP contribution in [0, 0.1) is 5.92 Å². The van der Waals surface area contributed by atoms with E-state index in [1.165, 1.54) is 0 Å². The summed E-state index contributed by atoms with van der Waals surface area (Å²) in [6.45, 7) is 7.26. The molecule has 1 saturated heterocycles. The Balaban J connectivity index is 1.81. The predicted octanol–water partition coefficient (Wildman–Crippen LogP) is 2.57. The highest BCUT2D eigenvalue weighted by molar-refractivity contribution is 5.94. The maximum atomic E-state index is 12.1. The zero-order valence-electron chi connectivity index (χ0n) is 17.9. The van der Waals surface area contributed by atoms with E-state index in [9.17, 15) is 9.59 Å². The van der Waals surface area contributed by atoms with Gasteiger partial charge in [-0.15, -0.1) is 0 Å². The highest BCUT2D eigenvalue weighted by Gasteiger charge is 2.27. The van der Waals surface area contributed by atoms with Crippen molar-refractivity contribution < 1.29 is 14.3 Å². The van der Waals surface area contributed by atoms with E-state index < -0.39 is 0 Å². The van der Waals surface area contributed by atoms with Gasteiger partial charge in [-0.2, -0.15) is 0 Å². The SMILES string of the molecule is CCCCNC(=O)c1ccc(CNC(=NC)N2CCC(C(=O)OCC)CC2)cc1. The van der Waals surface area contributed by atoms with Crippen LogP contribution in [0.1, 0.15) is 55.5 Å². The summed E-state index contributed by atoms with van der Waals surface area (Å²) < 4.78 is 5.13. The Hall–Kier alpha value is -2.57. The summed E-state index contributed by atoms with van der Waals surface area (Å²) in [6.07, 6.45) is 3.61. The molecule has 1 heterocycles. The molecule has 0 spiro atoms. The van der Waals surface area contributed by atoms with Gasteiger partial charge in [0.2, 0.25) is 0 Å². The number of likely N-dealkylation sites (tertiary alicyclic amines) is 1. The lowest BCUT2D eigenvalue weighted by Crippen LogP contribution is -2.46. The fourth-order valence-corrected chi connectivity index (χ4v) is 3.36. The second kappa shape index (κ2) is 12.1. The molecule has 1 fully saturated rings. The van der Waals surface area contributed by atoms with Crippen molar-refractivity contribution in [3.8, 4) is 0 Å². The van der Waals surface area contributed by atoms with Crippen molar-refractivity contribution in [1.82, 2.24) is 15.5 Å². The summed E-state index contributed by atoms with van der Waals surface area (Å²) >= 11 is 0. The minimum atomic E-state index is -0.0890. The number of nitrogens with one attached hydrogen (secondary N) is 2. The van der Waals surface area contributed by atoms with Crippen LogP contribution >= 0.6 is 0 Å². The van der Waals surface area contributed by atoms with E-state index in [2.05, 4.69) is 27.4 Å². The Labute approximate surface area is 173 Å². The van der Waals surface area contributed by atoms with Crippen LogP contribution in [-0.2, 0) is 16.1 Å². The number of esters is 1. The van der Waals surface area contributed by atoms with Crippen LogP contribution in [0.5, 0.6) is 0 Å². The molecule has 0 aliphatic carbocycles. The number of hydrogen-bond acceptors (Lipinski definition) is 4. The average Bonchev–Trinajstić information content (AvgIpc) is 2.75. The molecule has 0 aromatic heterocycles. The largest absolute Gasteiger partial charge is 0.466 e. The predicted molar refractivity (Wildman–Crippen MR) is 115 cm³/mol. The summed E-state index contributed by atoms with van der Waals surface area (Å²) in [6, 6.07) is 7.63. The van der Waals surface area contributed by atoms with E-state index in [1.807, 2.05) is 31.2 Å². The standard InChI is InChI=1S/C22H34N4O3/c1-4-6-13-24-20(27)18-9-7-17(8-10-18)16-25-22(23-3)26-14-11-19(12-15-26)21(28)29-5-2/h7-10,19H,4-6,11-16H2,1-3H3,(H,23,25)(H,24,27). The number of unbranched alkanes of at least 4 members (excludes halogenated alkanes) is 1. The number of carbonyl (C=O) groups excluding carboxylic acids is 2. The average molecular weight is 403 g/mol. The minimum Gasteiger partial charge on any atom is -0.466 e. The van der Waals surface area contributed by atoms with Gasteiger partial charge in [0.05, 0.1) is 12.5 Å². The van der Waals surface area contributed by atoms with Crippen molar-refractivity contribution in [3.63, 3.8) is 0 Å². The van der Waals surface area contributed by atoms with Crippen LogP contribution in [0.4, 0.5) is 0 Å². The van der Waals surface area contributed by atoms with E-state index >= 15 is 0 Å². The van der Waals surface area contributed by atoms with E-state index in [1.54, 1.807) is 7.05 Å². The quantitative estimate of drug-likeness (QED) is 0.302. The fraction of sp³-hybridized carbons (Fsp3) is 0.591. The first kappa shape index (κ1) is 22.7. The molecule has 0 unspecified atom stereocenters. The Morgan fingerprint density at radius 2 is 1.83 bits per heavy atom. The number of guanidine groups is 1. The van der Waals surface area contributed by atoms with Gasteiger partial charge >= 0.3 is 5.97 Å². The van der Waals surface area contributed by atoms with E-state index in [4.69, 9.17) is 4.74 Å². The molecule has 1 aromatic carbocycles. The monoisotopic (exact) mass is 402 g/mol. The highest BCUT2D eigenvalue weighted by atomic mass is 16.5. The number of amides is 1. The molecule has 1 aliphatic heterocycles. The molecule has 7 heteroatoms. The number of ether oxygens (including phenoxy) is 1. The second-order valence-corrected chi connectivity index (χ2v) is 7.22. The summed E-state index contributed by atoms with van der Waals surface area (Å²) in [4.78, 5) is 30.5. The van der Waals surface area contributed by atoms with Crippen LogP contribution in [0.3, 0.4) is 0 Å². The van der Waals surface area contributed by atoms with Crippen LogP contribution in [0.15, 0.2) is 29.3 Å². The first-order valence-electron chi connectivity index (χ1n) is 10.6. The maximum Gasteiger partial charge on any atom is 0.309 e. The molecule has 1 amide bonds. The second-order valence-electron chi connectivity index (χ2n) is 7.22. The molecule has 0 radical (unpaired) electrons. The highest BCUT2D eigenvalue weighted by Crippen LogP contribution is 2.18. The van der Waals surface area contributed by atoms with E-state index in [0.717, 1.165) is 50.3 Å². The van der Waals surface area contributed by atoms with E-state index in [-0.39, 0.29) is 17.8 Å². The van der Waals surface area contributed by atoms with Crippen LogP contribution in [0.2, 0.25) is 0 Å². The molecule has 2 rings (SSSR count). The van der Waals surface area contributed by atoms with Crippen LogP contribution < -0.4 is 10.6 Å². The van der Waals surface area contributed by atoms with Crippen LogP contribution in [0.25, 0.3) is 0 Å². The number of piperidine rings is 1. The summed E-state index contributed by atoms with van der Waals surface area (Å²) in [5, 5.41) is 6.30. The van der Waals surface area contributed by atoms with Gasteiger partial charge in [0, 0.05) is 38.8 Å². The third-order valence-corrected chi connectivity index (χ3v) is 5.11. The molecule has 0 saturated carbocycles. The molecule has 160 valence electrons. The smallest absolute Gasteiger partial charge is 0.309 e. The number of aliphatic imine (C=N–C) groups is 1. The van der Waals surface area contributed by atoms with Gasteiger partial charge in [0.15, 0.2) is 5.96 Å². The third kappa shape index (κ3) is 7.07. The topological polar surface area (TPSA) is 83.0 Å². The van der Waals surface area contributed by atoms with Crippen molar-refractivity contribution in [2.45, 2.75) is 46.1 Å². The zero-order valence-corrected chi connectivity index (χ0v) is 17.9. The number of carbonyl (C=O) groups is 2. The lowest BCUT2D eigenvalue weighted by molar-refractivity contribution is -0.149.